The molecule has 1 N–H and O–H groups in total. The fraction of sp³-hybridized carbons (Fsp3) is 0.818. The van der Waals surface area contributed by atoms with E-state index in [1.165, 1.54) is 0 Å². The Morgan fingerprint density at radius 1 is 1.46 bits per heavy atom. The van der Waals surface area contributed by atoms with Crippen LogP contribution in [0.15, 0.2) is 12.7 Å². The summed E-state index contributed by atoms with van der Waals surface area (Å²) in [5, 5.41) is 3.25. The summed E-state index contributed by atoms with van der Waals surface area (Å²) >= 11 is 0. The maximum atomic E-state index is 3.79. The average molecular weight is 184 g/mol. The molecule has 0 aromatic carbocycles. The van der Waals surface area contributed by atoms with Crippen LogP contribution >= 0.6 is 0 Å². The van der Waals surface area contributed by atoms with Crippen molar-refractivity contribution in [3.05, 3.63) is 12.7 Å². The lowest BCUT2D eigenvalue weighted by atomic mass is 10.1. The van der Waals surface area contributed by atoms with E-state index in [1.54, 1.807) is 0 Å². The molecule has 2 nitrogen and oxygen atoms in total. The van der Waals surface area contributed by atoms with Gasteiger partial charge < -0.3 is 5.32 Å². The molecule has 13 heavy (non-hydrogen) atoms. The first-order valence-electron chi connectivity index (χ1n) is 4.95. The SMILES string of the molecule is C=CCN(CC(C)NC)C(C)(C)C. The van der Waals surface area contributed by atoms with E-state index in [2.05, 4.69) is 44.5 Å². The molecule has 1 atom stereocenters. The fourth-order valence-electron chi connectivity index (χ4n) is 1.20. The molecule has 0 rings (SSSR count). The van der Waals surface area contributed by atoms with Crippen molar-refractivity contribution in [2.45, 2.75) is 39.3 Å². The van der Waals surface area contributed by atoms with Crippen LogP contribution in [0, 0.1) is 0 Å². The number of nitrogens with zero attached hydrogens (tertiary/aromatic N) is 1. The quantitative estimate of drug-likeness (QED) is 0.656. The summed E-state index contributed by atoms with van der Waals surface area (Å²) in [6, 6.07) is 0.527. The molecular weight excluding hydrogens is 160 g/mol. The van der Waals surface area contributed by atoms with Gasteiger partial charge in [0.1, 0.15) is 0 Å². The minimum atomic E-state index is 0.222. The third-order valence-electron chi connectivity index (χ3n) is 2.29. The molecular formula is C11H24N2. The lowest BCUT2D eigenvalue weighted by molar-refractivity contribution is 0.142. The summed E-state index contributed by atoms with van der Waals surface area (Å²) in [6.07, 6.45) is 1.97. The first-order chi connectivity index (χ1) is 5.91. The van der Waals surface area contributed by atoms with Crippen molar-refractivity contribution in [3.63, 3.8) is 0 Å². The second-order valence-corrected chi connectivity index (χ2v) is 4.55. The van der Waals surface area contributed by atoms with Crippen molar-refractivity contribution < 1.29 is 0 Å². The minimum Gasteiger partial charge on any atom is -0.316 e. The number of hydrogen-bond acceptors (Lipinski definition) is 2. The second-order valence-electron chi connectivity index (χ2n) is 4.55. The molecule has 78 valence electrons. The Hall–Kier alpha value is -0.340. The largest absolute Gasteiger partial charge is 0.316 e. The molecule has 0 heterocycles. The van der Waals surface area contributed by atoms with Gasteiger partial charge in [-0.2, -0.15) is 0 Å². The Bertz CT molecular complexity index is 147. The lowest BCUT2D eigenvalue weighted by Crippen LogP contribution is -2.47. The molecule has 0 spiro atoms. The lowest BCUT2D eigenvalue weighted by Gasteiger charge is -2.36. The Labute approximate surface area is 83.0 Å². The van der Waals surface area contributed by atoms with Crippen molar-refractivity contribution >= 4 is 0 Å². The molecule has 0 aliphatic carbocycles. The van der Waals surface area contributed by atoms with E-state index in [-0.39, 0.29) is 5.54 Å². The van der Waals surface area contributed by atoms with Crippen LogP contribution in [0.2, 0.25) is 0 Å². The van der Waals surface area contributed by atoms with Crippen molar-refractivity contribution in [1.29, 1.82) is 0 Å². The smallest absolute Gasteiger partial charge is 0.0166 e. The van der Waals surface area contributed by atoms with E-state index < -0.39 is 0 Å². The molecule has 0 amide bonds. The van der Waals surface area contributed by atoms with E-state index in [0.29, 0.717) is 6.04 Å². The molecule has 0 aliphatic heterocycles. The van der Waals surface area contributed by atoms with Crippen molar-refractivity contribution in [1.82, 2.24) is 10.2 Å². The van der Waals surface area contributed by atoms with E-state index >= 15 is 0 Å². The van der Waals surface area contributed by atoms with Crippen molar-refractivity contribution in [2.75, 3.05) is 20.1 Å². The standard InChI is InChI=1S/C11H24N2/c1-7-8-13(11(3,4)5)9-10(2)12-6/h7,10,12H,1,8-9H2,2-6H3. The molecule has 1 unspecified atom stereocenters. The van der Waals surface area contributed by atoms with Gasteiger partial charge in [-0.05, 0) is 34.7 Å². The summed E-state index contributed by atoms with van der Waals surface area (Å²) in [5.74, 6) is 0. The zero-order valence-corrected chi connectivity index (χ0v) is 9.72. The molecule has 2 heteroatoms. The summed E-state index contributed by atoms with van der Waals surface area (Å²) in [4.78, 5) is 2.42. The first kappa shape index (κ1) is 12.7. The van der Waals surface area contributed by atoms with Gasteiger partial charge in [0.15, 0.2) is 0 Å². The zero-order valence-electron chi connectivity index (χ0n) is 9.72. The topological polar surface area (TPSA) is 15.3 Å². The molecule has 0 aromatic heterocycles. The van der Waals surface area contributed by atoms with Crippen LogP contribution in [-0.4, -0.2) is 36.6 Å². The number of hydrogen-bond donors (Lipinski definition) is 1. The third kappa shape index (κ3) is 5.06. The third-order valence-corrected chi connectivity index (χ3v) is 2.29. The van der Waals surface area contributed by atoms with Gasteiger partial charge in [0.2, 0.25) is 0 Å². The fourth-order valence-corrected chi connectivity index (χ4v) is 1.20. The summed E-state index contributed by atoms with van der Waals surface area (Å²) in [6.45, 7) is 14.7. The maximum absolute atomic E-state index is 3.79. The minimum absolute atomic E-state index is 0.222. The van der Waals surface area contributed by atoms with E-state index in [0.717, 1.165) is 13.1 Å². The van der Waals surface area contributed by atoms with Gasteiger partial charge in [-0.1, -0.05) is 6.08 Å². The molecule has 0 saturated heterocycles. The summed E-state index contributed by atoms with van der Waals surface area (Å²) in [7, 11) is 2.00. The van der Waals surface area contributed by atoms with Gasteiger partial charge in [-0.25, -0.2) is 0 Å². The highest BCUT2D eigenvalue weighted by Gasteiger charge is 2.20. The maximum Gasteiger partial charge on any atom is 0.0166 e. The normalized spacial score (nSPS) is 14.6. The Kier molecular flexibility index (Phi) is 5.26. The highest BCUT2D eigenvalue weighted by Crippen LogP contribution is 2.13. The van der Waals surface area contributed by atoms with Crippen LogP contribution in [0.3, 0.4) is 0 Å². The molecule has 0 aromatic rings. The molecule has 0 aliphatic rings. The van der Waals surface area contributed by atoms with Crippen LogP contribution in [0.25, 0.3) is 0 Å². The van der Waals surface area contributed by atoms with Crippen LogP contribution < -0.4 is 5.32 Å². The molecule has 0 fully saturated rings. The van der Waals surface area contributed by atoms with Gasteiger partial charge in [0.25, 0.3) is 0 Å². The van der Waals surface area contributed by atoms with Gasteiger partial charge in [0, 0.05) is 24.7 Å². The highest BCUT2D eigenvalue weighted by atomic mass is 15.2. The molecule has 0 radical (unpaired) electrons. The Morgan fingerprint density at radius 2 is 2.00 bits per heavy atom. The number of rotatable bonds is 5. The van der Waals surface area contributed by atoms with Gasteiger partial charge in [0.05, 0.1) is 0 Å². The molecule has 0 bridgehead atoms. The van der Waals surface area contributed by atoms with E-state index in [9.17, 15) is 0 Å². The first-order valence-corrected chi connectivity index (χ1v) is 4.95. The van der Waals surface area contributed by atoms with Crippen molar-refractivity contribution in [2.24, 2.45) is 0 Å². The molecule has 0 saturated carbocycles. The van der Waals surface area contributed by atoms with E-state index in [4.69, 9.17) is 0 Å². The van der Waals surface area contributed by atoms with Gasteiger partial charge >= 0.3 is 0 Å². The van der Waals surface area contributed by atoms with Crippen molar-refractivity contribution in [3.8, 4) is 0 Å². The monoisotopic (exact) mass is 184 g/mol. The zero-order chi connectivity index (χ0) is 10.5. The Balaban J connectivity index is 4.17. The van der Waals surface area contributed by atoms with Crippen LogP contribution in [0.1, 0.15) is 27.7 Å². The predicted molar refractivity (Wildman–Crippen MR) is 60.0 cm³/mol. The Morgan fingerprint density at radius 3 is 2.31 bits per heavy atom. The summed E-state index contributed by atoms with van der Waals surface area (Å²) in [5.41, 5.74) is 0.222. The average Bonchev–Trinajstić information content (AvgIpc) is 2.01. The van der Waals surface area contributed by atoms with Crippen LogP contribution in [-0.2, 0) is 0 Å². The number of nitrogens with one attached hydrogen (secondary N) is 1. The van der Waals surface area contributed by atoms with Gasteiger partial charge in [-0.15, -0.1) is 6.58 Å². The van der Waals surface area contributed by atoms with Gasteiger partial charge in [-0.3, -0.25) is 4.90 Å². The van der Waals surface area contributed by atoms with E-state index in [1.807, 2.05) is 13.1 Å². The highest BCUT2D eigenvalue weighted by molar-refractivity contribution is 4.84. The second kappa shape index (κ2) is 5.40. The van der Waals surface area contributed by atoms with Crippen LogP contribution in [0.5, 0.6) is 0 Å². The number of likely N-dealkylation sites (N-methyl/N-ethyl adjacent to an activating group) is 1. The summed E-state index contributed by atoms with van der Waals surface area (Å²) < 4.78 is 0. The predicted octanol–water partition coefficient (Wildman–Crippen LogP) is 1.88. The van der Waals surface area contributed by atoms with Crippen LogP contribution in [0.4, 0.5) is 0 Å².